The number of rotatable bonds is 11. The molecule has 0 amide bonds. The van der Waals surface area contributed by atoms with E-state index in [4.69, 9.17) is 8.83 Å². The van der Waals surface area contributed by atoms with Crippen molar-refractivity contribution in [2.75, 3.05) is 28.8 Å². The zero-order valence-corrected chi connectivity index (χ0v) is 41.6. The number of benzene rings is 9. The Balaban J connectivity index is 1.04. The van der Waals surface area contributed by atoms with Crippen LogP contribution in [0.25, 0.3) is 65.4 Å². The third-order valence-corrected chi connectivity index (χ3v) is 14.3. The van der Waals surface area contributed by atoms with Crippen LogP contribution in [-0.4, -0.2) is 14.1 Å². The molecule has 0 fully saturated rings. The predicted octanol–water partition coefficient (Wildman–Crippen LogP) is 19.3. The van der Waals surface area contributed by atoms with E-state index in [1.165, 1.54) is 22.3 Å². The largest absolute Gasteiger partial charge is 0.455 e. The molecule has 2 aromatic heterocycles. The fourth-order valence-electron chi connectivity index (χ4n) is 10.1. The van der Waals surface area contributed by atoms with Gasteiger partial charge in [-0.05, 0) is 171 Å². The molecule has 0 saturated heterocycles. The summed E-state index contributed by atoms with van der Waals surface area (Å²) in [7, 11) is 4.18. The van der Waals surface area contributed by atoms with Crippen molar-refractivity contribution in [2.45, 2.75) is 79.1 Å². The summed E-state index contributed by atoms with van der Waals surface area (Å²) in [6.07, 6.45) is 0. The normalized spacial score (nSPS) is 12.1. The molecule has 344 valence electrons. The Bertz CT molecular complexity index is 3580. The highest BCUT2D eigenvalue weighted by molar-refractivity contribution is 6.27. The lowest BCUT2D eigenvalue weighted by atomic mass is 10.00. The summed E-state index contributed by atoms with van der Waals surface area (Å²) >= 11 is 0. The Hall–Kier alpha value is -7.50. The minimum atomic E-state index is 0.459. The number of hydrogen-bond acceptors (Lipinski definition) is 5. The second-order valence-corrected chi connectivity index (χ2v) is 20.5. The van der Waals surface area contributed by atoms with Gasteiger partial charge in [0, 0.05) is 64.4 Å². The Morgan fingerprint density at radius 2 is 0.667 bits per heavy atom. The van der Waals surface area contributed by atoms with Crippen LogP contribution >= 0.6 is 0 Å². The molecule has 0 atom stereocenters. The van der Waals surface area contributed by atoms with Crippen molar-refractivity contribution in [3.8, 4) is 0 Å². The van der Waals surface area contributed by atoms with Crippen LogP contribution in [0.15, 0.2) is 173 Å². The first-order chi connectivity index (χ1) is 33.3. The number of fused-ring (bicyclic) bond motifs is 9. The smallest absolute Gasteiger partial charge is 0.162 e. The number of hydrogen-bond donors (Lipinski definition) is 0. The molecule has 0 saturated carbocycles. The molecule has 0 aliphatic heterocycles. The monoisotopic (exact) mass is 903 g/mol. The van der Waals surface area contributed by atoms with Crippen molar-refractivity contribution in [1.29, 1.82) is 0 Å². The average molecular weight is 904 g/mol. The quantitative estimate of drug-likeness (QED) is 0.129. The summed E-state index contributed by atoms with van der Waals surface area (Å²) in [6.45, 7) is 17.9. The Labute approximate surface area is 406 Å². The zero-order chi connectivity index (χ0) is 47.8. The summed E-state index contributed by atoms with van der Waals surface area (Å²) in [5.74, 6) is 1.84. The molecule has 5 heteroatoms. The molecular weight excluding hydrogens is 843 g/mol. The molecule has 69 heavy (non-hydrogen) atoms. The fraction of sp³-hybridized carbons (Fsp3) is 0.219. The summed E-state index contributed by atoms with van der Waals surface area (Å²) in [6, 6.07) is 60.8. The van der Waals surface area contributed by atoms with Crippen LogP contribution in [0.4, 0.5) is 39.8 Å². The molecule has 2 heterocycles. The lowest BCUT2D eigenvalue weighted by Gasteiger charge is -2.26. The van der Waals surface area contributed by atoms with Gasteiger partial charge in [0.1, 0.15) is 16.7 Å². The minimum Gasteiger partial charge on any atom is -0.455 e. The molecule has 9 aromatic carbocycles. The maximum absolute atomic E-state index is 7.02. The first-order valence-electron chi connectivity index (χ1n) is 24.7. The number of nitrogens with zero attached hydrogens (tertiary/aromatic N) is 3. The van der Waals surface area contributed by atoms with Crippen molar-refractivity contribution >= 4 is 105 Å². The average Bonchev–Trinajstić information content (AvgIpc) is 3.90. The third-order valence-electron chi connectivity index (χ3n) is 14.3. The van der Waals surface area contributed by atoms with Gasteiger partial charge in [-0.1, -0.05) is 116 Å². The molecule has 0 aliphatic carbocycles. The van der Waals surface area contributed by atoms with Crippen LogP contribution < -0.4 is 14.7 Å². The summed E-state index contributed by atoms with van der Waals surface area (Å²) in [5.41, 5.74) is 16.3. The molecule has 0 radical (unpaired) electrons. The summed E-state index contributed by atoms with van der Waals surface area (Å²) in [4.78, 5) is 6.87. The highest BCUT2D eigenvalue weighted by atomic mass is 16.3. The predicted molar refractivity (Wildman–Crippen MR) is 296 cm³/mol. The molecule has 0 aliphatic rings. The van der Waals surface area contributed by atoms with Crippen molar-refractivity contribution in [2.24, 2.45) is 0 Å². The zero-order valence-electron chi connectivity index (χ0n) is 41.6. The van der Waals surface area contributed by atoms with Crippen LogP contribution in [0.2, 0.25) is 0 Å². The minimum absolute atomic E-state index is 0.459. The Morgan fingerprint density at radius 3 is 1.04 bits per heavy atom. The first-order valence-corrected chi connectivity index (χ1v) is 24.7. The molecular formula is C64H61N3O2. The lowest BCUT2D eigenvalue weighted by Crippen LogP contribution is -2.10. The van der Waals surface area contributed by atoms with Gasteiger partial charge in [-0.2, -0.15) is 0 Å². The van der Waals surface area contributed by atoms with E-state index < -0.39 is 0 Å². The van der Waals surface area contributed by atoms with E-state index in [1.54, 1.807) is 0 Å². The highest BCUT2D eigenvalue weighted by Gasteiger charge is 2.23. The second-order valence-electron chi connectivity index (χ2n) is 20.5. The molecule has 0 unspecified atom stereocenters. The van der Waals surface area contributed by atoms with Crippen LogP contribution in [0.1, 0.15) is 101 Å². The van der Waals surface area contributed by atoms with Gasteiger partial charge in [0.2, 0.25) is 0 Å². The van der Waals surface area contributed by atoms with E-state index in [0.29, 0.717) is 23.7 Å². The van der Waals surface area contributed by atoms with Crippen LogP contribution in [0, 0.1) is 0 Å². The SMILES string of the molecule is CC(C)c1ccc(N(c2ccc(C(C)C)cc2)c2ccc3cc4c(cc3c2)oc2c4cc(N(C)C)c3oc4cc5cc(N(c6ccc(C(C)C)cc6)c6ccc(C(C)C)cc6)ccc5cc4c32)cc1. The van der Waals surface area contributed by atoms with Gasteiger partial charge < -0.3 is 23.5 Å². The maximum atomic E-state index is 7.02. The third kappa shape index (κ3) is 7.84. The van der Waals surface area contributed by atoms with Gasteiger partial charge >= 0.3 is 0 Å². The van der Waals surface area contributed by atoms with Crippen molar-refractivity contribution in [1.82, 2.24) is 0 Å². The van der Waals surface area contributed by atoms with E-state index in [9.17, 15) is 0 Å². The molecule has 0 bridgehead atoms. The standard InChI is InChI=1S/C64H61N3O2/c1-38(2)42-11-21-50(22-12-42)66(51-23-13-43(14-24-51)39(3)4)54-29-19-46-33-56-57-37-59(65(9)10)64-62(63(57)68-60(56)35-48(46)31-54)58-34-47-20-30-55(32-49(47)36-61(58)69-64)67(52-25-15-44(16-26-52)40(5)6)53-27-17-45(18-28-53)41(7)8/h11-41H,1-10H3. The van der Waals surface area contributed by atoms with Crippen LogP contribution in [0.5, 0.6) is 0 Å². The van der Waals surface area contributed by atoms with E-state index in [1.807, 2.05) is 0 Å². The highest BCUT2D eigenvalue weighted by Crippen LogP contribution is 2.47. The Kier molecular flexibility index (Phi) is 11.0. The molecule has 0 N–H and O–H groups in total. The molecule has 0 spiro atoms. The second kappa shape index (κ2) is 17.2. The van der Waals surface area contributed by atoms with Gasteiger partial charge in [0.25, 0.3) is 0 Å². The Morgan fingerprint density at radius 1 is 0.319 bits per heavy atom. The van der Waals surface area contributed by atoms with E-state index in [0.717, 1.165) is 105 Å². The van der Waals surface area contributed by atoms with Gasteiger partial charge in [-0.3, -0.25) is 0 Å². The topological polar surface area (TPSA) is 36.0 Å². The number of furan rings is 2. The van der Waals surface area contributed by atoms with Crippen molar-refractivity contribution < 1.29 is 8.83 Å². The van der Waals surface area contributed by atoms with Gasteiger partial charge in [-0.25, -0.2) is 0 Å². The first kappa shape index (κ1) is 44.0. The molecule has 11 rings (SSSR count). The van der Waals surface area contributed by atoms with Gasteiger partial charge in [0.05, 0.1) is 11.1 Å². The summed E-state index contributed by atoms with van der Waals surface area (Å²) < 4.78 is 13.9. The van der Waals surface area contributed by atoms with E-state index in [-0.39, 0.29) is 0 Å². The van der Waals surface area contributed by atoms with Gasteiger partial charge in [0.15, 0.2) is 5.58 Å². The van der Waals surface area contributed by atoms with E-state index in [2.05, 4.69) is 248 Å². The summed E-state index contributed by atoms with van der Waals surface area (Å²) in [5, 5.41) is 8.72. The number of anilines is 7. The lowest BCUT2D eigenvalue weighted by molar-refractivity contribution is 0.662. The van der Waals surface area contributed by atoms with Crippen LogP contribution in [-0.2, 0) is 0 Å². The molecule has 11 aromatic rings. The molecule has 5 nitrogen and oxygen atoms in total. The van der Waals surface area contributed by atoms with Crippen molar-refractivity contribution in [3.05, 3.63) is 186 Å². The maximum Gasteiger partial charge on any atom is 0.162 e. The van der Waals surface area contributed by atoms with Crippen LogP contribution in [0.3, 0.4) is 0 Å². The van der Waals surface area contributed by atoms with Gasteiger partial charge in [-0.15, -0.1) is 0 Å². The fourth-order valence-corrected chi connectivity index (χ4v) is 10.1. The van der Waals surface area contributed by atoms with Crippen molar-refractivity contribution in [3.63, 3.8) is 0 Å². The van der Waals surface area contributed by atoms with E-state index >= 15 is 0 Å².